The van der Waals surface area contributed by atoms with Crippen LogP contribution in [0.4, 0.5) is 5.82 Å². The zero-order valence-corrected chi connectivity index (χ0v) is 21.3. The van der Waals surface area contributed by atoms with Gasteiger partial charge in [0.2, 0.25) is 5.53 Å². The van der Waals surface area contributed by atoms with E-state index in [0.717, 1.165) is 0 Å². The van der Waals surface area contributed by atoms with Crippen molar-refractivity contribution in [3.8, 4) is 5.75 Å². The fraction of sp³-hybridized carbons (Fsp3) is 0.478. The minimum Gasteiger partial charge on any atom is -0.462 e. The summed E-state index contributed by atoms with van der Waals surface area (Å²) >= 11 is 0. The van der Waals surface area contributed by atoms with Gasteiger partial charge in [-0.05, 0) is 48.4 Å². The lowest BCUT2D eigenvalue weighted by atomic mass is 10.3. The number of aliphatic hydroxyl groups is 1. The van der Waals surface area contributed by atoms with E-state index < -0.39 is 17.5 Å². The number of nitrogens with one attached hydrogen (secondary N) is 1. The summed E-state index contributed by atoms with van der Waals surface area (Å²) in [5.74, 6) is 0.440. The summed E-state index contributed by atoms with van der Waals surface area (Å²) in [5.41, 5.74) is 5.44. The molecule has 2 heterocycles. The molecule has 4 atom stereocenters. The third-order valence-electron chi connectivity index (χ3n) is 4.98. The normalized spacial score (nSPS) is 15.4. The lowest BCUT2D eigenvalue weighted by Crippen LogP contribution is -2.48. The molecule has 3 rings (SSSR count). The van der Waals surface area contributed by atoms with Crippen molar-refractivity contribution < 1.29 is 24.1 Å². The van der Waals surface area contributed by atoms with E-state index in [2.05, 4.69) is 20.3 Å². The molecule has 0 radical (unpaired) electrons. The molecule has 0 saturated heterocycles. The molecular formula is C23H33N6O5P. The number of carbonyl (C=O) groups is 1. The maximum absolute atomic E-state index is 12.1. The summed E-state index contributed by atoms with van der Waals surface area (Å²) in [6, 6.07) is 8.40. The van der Waals surface area contributed by atoms with Crippen LogP contribution in [-0.4, -0.2) is 67.3 Å². The van der Waals surface area contributed by atoms with Crippen LogP contribution in [0.3, 0.4) is 0 Å². The lowest BCUT2D eigenvalue weighted by molar-refractivity contribution is -0.150. The molecule has 0 fully saturated rings. The van der Waals surface area contributed by atoms with E-state index in [1.807, 2.05) is 29.7 Å². The molecule has 3 aromatic rings. The highest BCUT2D eigenvalue weighted by atomic mass is 31.1. The van der Waals surface area contributed by atoms with Gasteiger partial charge in [-0.1, -0.05) is 18.2 Å². The molecule has 1 unspecified atom stereocenters. The summed E-state index contributed by atoms with van der Waals surface area (Å²) in [4.78, 5) is 24.6. The van der Waals surface area contributed by atoms with E-state index in [-0.39, 0.29) is 33.7 Å². The zero-order valence-electron chi connectivity index (χ0n) is 20.3. The highest BCUT2D eigenvalue weighted by Gasteiger charge is 2.31. The van der Waals surface area contributed by atoms with Gasteiger partial charge >= 0.3 is 5.97 Å². The minimum absolute atomic E-state index is 0.00873. The van der Waals surface area contributed by atoms with Gasteiger partial charge in [-0.2, -0.15) is 0 Å². The quantitative estimate of drug-likeness (QED) is 0.180. The number of anilines is 1. The number of hydrogen-bond donors (Lipinski definition) is 3. The second-order valence-corrected chi connectivity index (χ2v) is 9.84. The first-order valence-corrected chi connectivity index (χ1v) is 12.6. The number of fused-ring (bicyclic) bond motifs is 1. The van der Waals surface area contributed by atoms with Gasteiger partial charge in [-0.3, -0.25) is 10.1 Å². The Morgan fingerprint density at radius 2 is 1.94 bits per heavy atom. The van der Waals surface area contributed by atoms with Crippen molar-refractivity contribution in [1.29, 1.82) is 0 Å². The predicted molar refractivity (Wildman–Crippen MR) is 134 cm³/mol. The molecule has 35 heavy (non-hydrogen) atoms. The number of nitrogens with zero attached hydrogens (tertiary/aromatic N) is 4. The molecule has 2 aromatic heterocycles. The average molecular weight is 505 g/mol. The number of ether oxygens (including phenoxy) is 3. The van der Waals surface area contributed by atoms with E-state index in [1.54, 1.807) is 39.2 Å². The summed E-state index contributed by atoms with van der Waals surface area (Å²) in [6.07, 6.45) is 2.85. The molecule has 0 saturated carbocycles. The molecular weight excluding hydrogens is 471 g/mol. The summed E-state index contributed by atoms with van der Waals surface area (Å²) in [6.45, 7) is 7.67. The monoisotopic (exact) mass is 504 g/mol. The number of esters is 1. The fourth-order valence-corrected chi connectivity index (χ4v) is 4.20. The largest absolute Gasteiger partial charge is 0.462 e. The SMILES string of the molecule is CC(C)OC(=O)[C@H](C)NC[C@](O)(Oc1ccccc1)PCO[C@H](C)Cn1cnc2c(N)ncnc21. The van der Waals surface area contributed by atoms with Crippen LogP contribution in [0.25, 0.3) is 11.2 Å². The van der Waals surface area contributed by atoms with Gasteiger partial charge in [0.05, 0.1) is 38.0 Å². The topological polar surface area (TPSA) is 147 Å². The van der Waals surface area contributed by atoms with Gasteiger partial charge in [0.25, 0.3) is 0 Å². The number of nitrogen functional groups attached to an aromatic ring is 1. The van der Waals surface area contributed by atoms with Crippen molar-refractivity contribution >= 4 is 31.5 Å². The molecule has 12 heteroatoms. The number of nitrogens with two attached hydrogens (primary N) is 1. The third kappa shape index (κ3) is 7.83. The number of aromatic nitrogens is 4. The number of para-hydroxylation sites is 1. The Balaban J connectivity index is 1.58. The van der Waals surface area contributed by atoms with Crippen LogP contribution in [0, 0.1) is 0 Å². The Hall–Kier alpha value is -2.85. The molecule has 190 valence electrons. The summed E-state index contributed by atoms with van der Waals surface area (Å²) < 4.78 is 18.9. The van der Waals surface area contributed by atoms with Gasteiger partial charge < -0.3 is 29.6 Å². The molecule has 0 aliphatic heterocycles. The number of benzene rings is 1. The van der Waals surface area contributed by atoms with Crippen LogP contribution in [0.1, 0.15) is 27.7 Å². The van der Waals surface area contributed by atoms with E-state index >= 15 is 0 Å². The third-order valence-corrected chi connectivity index (χ3v) is 6.13. The fourth-order valence-electron chi connectivity index (χ4n) is 3.19. The van der Waals surface area contributed by atoms with Crippen LogP contribution < -0.4 is 15.8 Å². The van der Waals surface area contributed by atoms with Crippen LogP contribution in [0.2, 0.25) is 0 Å². The minimum atomic E-state index is -1.59. The van der Waals surface area contributed by atoms with Crippen LogP contribution >= 0.6 is 8.58 Å². The van der Waals surface area contributed by atoms with Crippen LogP contribution in [0.15, 0.2) is 43.0 Å². The highest BCUT2D eigenvalue weighted by Crippen LogP contribution is 2.32. The van der Waals surface area contributed by atoms with Crippen molar-refractivity contribution in [1.82, 2.24) is 24.8 Å². The first-order chi connectivity index (χ1) is 16.7. The summed E-state index contributed by atoms with van der Waals surface area (Å²) in [5, 5.41) is 14.3. The van der Waals surface area contributed by atoms with Gasteiger partial charge in [-0.25, -0.2) is 15.0 Å². The van der Waals surface area contributed by atoms with E-state index in [0.29, 0.717) is 29.3 Å². The standard InChI is InChI=1S/C23H33N6O5P/c1-15(2)33-22(30)17(4)25-11-23(31,34-18-8-6-5-7-9-18)35-14-32-16(3)10-29-13-28-19-20(24)26-12-27-21(19)29/h5-9,12-13,15-17,25,31,35H,10-11,14H2,1-4H3,(H2,24,26,27)/t16-,17+,23+/m1/s1. The Morgan fingerprint density at radius 3 is 2.66 bits per heavy atom. The maximum atomic E-state index is 12.1. The second-order valence-electron chi connectivity index (χ2n) is 8.41. The highest BCUT2D eigenvalue weighted by molar-refractivity contribution is 7.39. The molecule has 11 nitrogen and oxygen atoms in total. The van der Waals surface area contributed by atoms with Gasteiger partial charge in [0, 0.05) is 0 Å². The summed E-state index contributed by atoms with van der Waals surface area (Å²) in [7, 11) is -0.143. The van der Waals surface area contributed by atoms with Crippen LogP contribution in [-0.2, 0) is 20.8 Å². The van der Waals surface area contributed by atoms with E-state index in [4.69, 9.17) is 19.9 Å². The number of imidazole rings is 1. The van der Waals surface area contributed by atoms with Crippen molar-refractivity contribution in [2.75, 3.05) is 18.6 Å². The lowest BCUT2D eigenvalue weighted by Gasteiger charge is -2.31. The smallest absolute Gasteiger partial charge is 0.323 e. The first-order valence-electron chi connectivity index (χ1n) is 11.3. The Bertz CT molecular complexity index is 1100. The number of rotatable bonds is 13. The Labute approximate surface area is 206 Å². The molecule has 0 aliphatic carbocycles. The molecule has 0 spiro atoms. The van der Waals surface area contributed by atoms with E-state index in [9.17, 15) is 9.90 Å². The van der Waals surface area contributed by atoms with Crippen molar-refractivity contribution in [3.05, 3.63) is 43.0 Å². The van der Waals surface area contributed by atoms with Crippen molar-refractivity contribution in [2.24, 2.45) is 0 Å². The van der Waals surface area contributed by atoms with Crippen molar-refractivity contribution in [2.45, 2.75) is 58.0 Å². The zero-order chi connectivity index (χ0) is 25.4. The van der Waals surface area contributed by atoms with Crippen LogP contribution in [0.5, 0.6) is 5.75 Å². The van der Waals surface area contributed by atoms with E-state index in [1.165, 1.54) is 6.33 Å². The maximum Gasteiger partial charge on any atom is 0.323 e. The van der Waals surface area contributed by atoms with Crippen molar-refractivity contribution in [3.63, 3.8) is 0 Å². The molecule has 0 aliphatic rings. The van der Waals surface area contributed by atoms with Gasteiger partial charge in [0.1, 0.15) is 23.6 Å². The predicted octanol–water partition coefficient (Wildman–Crippen LogP) is 2.10. The number of hydrogen-bond acceptors (Lipinski definition) is 10. The average Bonchev–Trinajstić information content (AvgIpc) is 3.21. The van der Waals surface area contributed by atoms with Gasteiger partial charge in [0.15, 0.2) is 11.5 Å². The first kappa shape index (κ1) is 26.7. The molecule has 0 bridgehead atoms. The molecule has 4 N–H and O–H groups in total. The molecule has 1 aromatic carbocycles. The Morgan fingerprint density at radius 1 is 1.20 bits per heavy atom. The second kappa shape index (κ2) is 12.2. The molecule has 0 amide bonds. The Kier molecular flexibility index (Phi) is 9.33. The number of carbonyl (C=O) groups excluding carboxylic acids is 1. The van der Waals surface area contributed by atoms with Gasteiger partial charge in [-0.15, -0.1) is 0 Å².